The van der Waals surface area contributed by atoms with Crippen LogP contribution in [0.3, 0.4) is 0 Å². The Balaban J connectivity index is 0.000000236. The average molecular weight is 215 g/mol. The van der Waals surface area contributed by atoms with E-state index >= 15 is 0 Å². The number of hydrogen-bond acceptors (Lipinski definition) is 0. The molecule has 4 heteroatoms. The van der Waals surface area contributed by atoms with E-state index in [1.807, 2.05) is 30.3 Å². The number of hydrogen-bond donors (Lipinski definition) is 0. The zero-order valence-electron chi connectivity index (χ0n) is 5.02. The predicted octanol–water partition coefficient (Wildman–Crippen LogP) is 4.31. The minimum absolute atomic E-state index is 0.0278. The summed E-state index contributed by atoms with van der Waals surface area (Å²) in [5.74, 6) is 0. The quantitative estimate of drug-likeness (QED) is 0.566. The maximum Gasteiger partial charge on any atom is 0.0713 e. The third-order valence-corrected chi connectivity index (χ3v) is 0.985. The van der Waals surface area contributed by atoms with Gasteiger partial charge in [0.05, 0.1) is 7.29 Å². The van der Waals surface area contributed by atoms with Gasteiger partial charge in [-0.05, 0) is 12.1 Å². The Morgan fingerprint density at radius 1 is 1.00 bits per heavy atom. The van der Waals surface area contributed by atoms with Crippen LogP contribution < -0.4 is 0 Å². The molecule has 0 radical (unpaired) electrons. The van der Waals surface area contributed by atoms with E-state index in [0.29, 0.717) is 0 Å². The van der Waals surface area contributed by atoms with Crippen molar-refractivity contribution in [2.75, 3.05) is 0 Å². The second-order valence-electron chi connectivity index (χ2n) is 1.37. The Hall–Kier alpha value is 0.520. The molecular weight excluding hydrogens is 209 g/mol. The third kappa shape index (κ3) is 6.64. The molecule has 0 saturated carbocycles. The lowest BCUT2D eigenvalue weighted by Gasteiger charge is -1.80. The molecule has 1 rings (SSSR count). The molecule has 0 aliphatic carbocycles. The molecule has 1 aromatic carbocycles. The minimum Gasteiger partial charge on any atom is -0.0843 e. The third-order valence-electron chi connectivity index (χ3n) is 0.733. The van der Waals surface area contributed by atoms with Crippen LogP contribution in [-0.2, 0) is 0 Å². The minimum atomic E-state index is 0.0278. The SMILES string of the molecule is ClPCl.Clc1ccccc1. The first-order valence-corrected chi connectivity index (χ1v) is 5.88. The zero-order chi connectivity index (χ0) is 7.82. The van der Waals surface area contributed by atoms with Crippen molar-refractivity contribution in [2.45, 2.75) is 0 Å². The fourth-order valence-corrected chi connectivity index (χ4v) is 0.560. The van der Waals surface area contributed by atoms with Gasteiger partial charge in [-0.15, -0.1) is 0 Å². The monoisotopic (exact) mass is 214 g/mol. The molecule has 0 aromatic heterocycles. The molecule has 10 heavy (non-hydrogen) atoms. The van der Waals surface area contributed by atoms with Crippen molar-refractivity contribution in [3.8, 4) is 0 Å². The van der Waals surface area contributed by atoms with Gasteiger partial charge >= 0.3 is 0 Å². The molecule has 0 spiro atoms. The molecule has 0 heterocycles. The fourth-order valence-electron chi connectivity index (χ4n) is 0.415. The lowest BCUT2D eigenvalue weighted by Crippen LogP contribution is -1.55. The number of rotatable bonds is 0. The molecule has 0 amide bonds. The van der Waals surface area contributed by atoms with E-state index in [0.717, 1.165) is 5.02 Å². The van der Waals surface area contributed by atoms with E-state index in [4.69, 9.17) is 34.1 Å². The highest BCUT2D eigenvalue weighted by molar-refractivity contribution is 7.90. The Morgan fingerprint density at radius 3 is 1.60 bits per heavy atom. The summed E-state index contributed by atoms with van der Waals surface area (Å²) in [6, 6.07) is 9.44. The van der Waals surface area contributed by atoms with Crippen molar-refractivity contribution in [1.29, 1.82) is 0 Å². The summed E-state index contributed by atoms with van der Waals surface area (Å²) in [4.78, 5) is 0. The molecular formula is C6H6Cl3P. The van der Waals surface area contributed by atoms with Crippen molar-refractivity contribution < 1.29 is 0 Å². The van der Waals surface area contributed by atoms with Crippen molar-refractivity contribution in [2.24, 2.45) is 0 Å². The molecule has 0 bridgehead atoms. The van der Waals surface area contributed by atoms with Crippen molar-refractivity contribution in [1.82, 2.24) is 0 Å². The van der Waals surface area contributed by atoms with Crippen LogP contribution in [0.15, 0.2) is 30.3 Å². The second kappa shape index (κ2) is 7.63. The highest BCUT2D eigenvalue weighted by Gasteiger charge is 1.74. The molecule has 1 aromatic rings. The first kappa shape index (κ1) is 10.5. The molecule has 0 aliphatic heterocycles. The molecule has 0 saturated heterocycles. The van der Waals surface area contributed by atoms with Gasteiger partial charge in [0.1, 0.15) is 0 Å². The summed E-state index contributed by atoms with van der Waals surface area (Å²) in [5.41, 5.74) is 0. The average Bonchev–Trinajstić information content (AvgIpc) is 1.91. The molecule has 56 valence electrons. The van der Waals surface area contributed by atoms with Crippen LogP contribution >= 0.6 is 41.4 Å². The smallest absolute Gasteiger partial charge is 0.0713 e. The predicted molar refractivity (Wildman–Crippen MR) is 51.5 cm³/mol. The molecule has 0 aliphatic rings. The molecule has 0 atom stereocenters. The van der Waals surface area contributed by atoms with Crippen molar-refractivity contribution >= 4 is 41.4 Å². The zero-order valence-corrected chi connectivity index (χ0v) is 8.29. The van der Waals surface area contributed by atoms with Crippen LogP contribution in [0.2, 0.25) is 5.02 Å². The molecule has 0 N–H and O–H groups in total. The van der Waals surface area contributed by atoms with Crippen molar-refractivity contribution in [3.05, 3.63) is 35.4 Å². The topological polar surface area (TPSA) is 0 Å². The maximum atomic E-state index is 5.54. The summed E-state index contributed by atoms with van der Waals surface area (Å²) in [6.07, 6.45) is 0. The van der Waals surface area contributed by atoms with Gasteiger partial charge in [0.15, 0.2) is 0 Å². The van der Waals surface area contributed by atoms with E-state index < -0.39 is 0 Å². The van der Waals surface area contributed by atoms with Crippen LogP contribution in [0.5, 0.6) is 0 Å². The largest absolute Gasteiger partial charge is 0.0843 e. The summed E-state index contributed by atoms with van der Waals surface area (Å²) in [7, 11) is 0.0278. The van der Waals surface area contributed by atoms with E-state index in [-0.39, 0.29) is 7.29 Å². The normalized spacial score (nSPS) is 7.90. The van der Waals surface area contributed by atoms with Gasteiger partial charge in [0.2, 0.25) is 0 Å². The summed E-state index contributed by atoms with van der Waals surface area (Å²) < 4.78 is 0. The van der Waals surface area contributed by atoms with Gasteiger partial charge in [-0.3, -0.25) is 0 Å². The standard InChI is InChI=1S/C6H5Cl.Cl2HP/c7-6-4-2-1-3-5-6;1-3-2/h1-5H;3H. The van der Waals surface area contributed by atoms with Crippen LogP contribution in [0, 0.1) is 0 Å². The van der Waals surface area contributed by atoms with Gasteiger partial charge in [-0.25, -0.2) is 0 Å². The van der Waals surface area contributed by atoms with Crippen LogP contribution in [-0.4, -0.2) is 0 Å². The Bertz CT molecular complexity index is 154. The molecule has 0 unspecified atom stereocenters. The van der Waals surface area contributed by atoms with E-state index in [9.17, 15) is 0 Å². The second-order valence-corrected chi connectivity index (χ2v) is 3.66. The summed E-state index contributed by atoms with van der Waals surface area (Å²) in [5, 5.41) is 0.794. The lowest BCUT2D eigenvalue weighted by atomic mass is 10.4. The maximum absolute atomic E-state index is 5.54. The highest BCUT2D eigenvalue weighted by Crippen LogP contribution is 2.19. The van der Waals surface area contributed by atoms with Gasteiger partial charge < -0.3 is 0 Å². The van der Waals surface area contributed by atoms with E-state index in [2.05, 4.69) is 0 Å². The van der Waals surface area contributed by atoms with Gasteiger partial charge in [-0.1, -0.05) is 52.3 Å². The van der Waals surface area contributed by atoms with Gasteiger partial charge in [-0.2, -0.15) is 0 Å². The molecule has 0 fully saturated rings. The summed E-state index contributed by atoms with van der Waals surface area (Å²) in [6.45, 7) is 0. The van der Waals surface area contributed by atoms with Crippen LogP contribution in [0.25, 0.3) is 0 Å². The number of benzene rings is 1. The first-order chi connectivity index (χ1) is 4.81. The highest BCUT2D eigenvalue weighted by atomic mass is 35.9. The first-order valence-electron chi connectivity index (χ1n) is 2.48. The number of halogens is 3. The summed E-state index contributed by atoms with van der Waals surface area (Å²) >= 11 is 15.1. The Morgan fingerprint density at radius 2 is 1.40 bits per heavy atom. The van der Waals surface area contributed by atoms with Crippen molar-refractivity contribution in [3.63, 3.8) is 0 Å². The van der Waals surface area contributed by atoms with Gasteiger partial charge in [0.25, 0.3) is 0 Å². The van der Waals surface area contributed by atoms with Crippen LogP contribution in [0.1, 0.15) is 0 Å². The molecule has 0 nitrogen and oxygen atoms in total. The van der Waals surface area contributed by atoms with E-state index in [1.165, 1.54) is 0 Å². The lowest BCUT2D eigenvalue weighted by molar-refractivity contribution is 1.71. The Kier molecular flexibility index (Phi) is 8.02. The Labute approximate surface area is 76.8 Å². The van der Waals surface area contributed by atoms with Crippen LogP contribution in [0.4, 0.5) is 0 Å². The van der Waals surface area contributed by atoms with E-state index in [1.54, 1.807) is 0 Å². The fraction of sp³-hybridized carbons (Fsp3) is 0. The van der Waals surface area contributed by atoms with Gasteiger partial charge in [0, 0.05) is 5.02 Å².